The molecular weight excluding hydrogens is 367 g/mol. The summed E-state index contributed by atoms with van der Waals surface area (Å²) in [5.74, 6) is 0.739. The molecule has 7 nitrogen and oxygen atoms in total. The third kappa shape index (κ3) is 3.33. The van der Waals surface area contributed by atoms with Gasteiger partial charge in [0.1, 0.15) is 28.1 Å². The molecule has 3 aromatic heterocycles. The summed E-state index contributed by atoms with van der Waals surface area (Å²) in [6, 6.07) is 9.25. The molecule has 0 amide bonds. The maximum atomic E-state index is 13.2. The Hall–Kier alpha value is -3.07. The molecule has 4 aromatic rings. The third-order valence-electron chi connectivity index (χ3n) is 4.08. The van der Waals surface area contributed by atoms with Crippen LogP contribution >= 0.6 is 0 Å². The topological polar surface area (TPSA) is 88.5 Å². The van der Waals surface area contributed by atoms with Gasteiger partial charge in [0.2, 0.25) is 5.16 Å². The van der Waals surface area contributed by atoms with E-state index < -0.39 is 10.8 Å². The predicted molar refractivity (Wildman–Crippen MR) is 101 cm³/mol. The second-order valence-corrected chi connectivity index (χ2v) is 7.35. The van der Waals surface area contributed by atoms with Crippen molar-refractivity contribution >= 4 is 33.5 Å². The number of aromatic amines is 1. The number of anilines is 2. The van der Waals surface area contributed by atoms with Crippen LogP contribution in [0.3, 0.4) is 0 Å². The fourth-order valence-corrected chi connectivity index (χ4v) is 3.68. The zero-order valence-corrected chi connectivity index (χ0v) is 15.5. The molecule has 1 atom stereocenters. The van der Waals surface area contributed by atoms with Gasteiger partial charge in [0.25, 0.3) is 0 Å². The fraction of sp³-hybridized carbons (Fsp3) is 0.167. The molecule has 9 heteroatoms. The Balaban J connectivity index is 1.82. The lowest BCUT2D eigenvalue weighted by Crippen LogP contribution is -2.06. The average molecular weight is 384 g/mol. The standard InChI is InChI=1S/C18H17FN6OS/c1-3-25-9-8-14-16(20-15-10-11(2)23-24-15)21-18(22-17(14)25)27(26)13-6-4-12(19)5-7-13/h4-10H,3H2,1-2H3,(H2,20,21,22,23,24). The van der Waals surface area contributed by atoms with Crippen molar-refractivity contribution in [2.75, 3.05) is 5.32 Å². The summed E-state index contributed by atoms with van der Waals surface area (Å²) in [5, 5.41) is 11.1. The van der Waals surface area contributed by atoms with Crippen LogP contribution < -0.4 is 5.32 Å². The lowest BCUT2D eigenvalue weighted by atomic mass is 10.3. The number of halogens is 1. The molecule has 2 N–H and O–H groups in total. The van der Waals surface area contributed by atoms with Crippen LogP contribution in [-0.4, -0.2) is 28.9 Å². The molecule has 0 aliphatic rings. The van der Waals surface area contributed by atoms with Gasteiger partial charge in [0.15, 0.2) is 5.82 Å². The molecule has 0 bridgehead atoms. The Morgan fingerprint density at radius 3 is 2.67 bits per heavy atom. The van der Waals surface area contributed by atoms with E-state index in [9.17, 15) is 8.60 Å². The van der Waals surface area contributed by atoms with Crippen molar-refractivity contribution in [3.05, 3.63) is 54.1 Å². The van der Waals surface area contributed by atoms with Crippen LogP contribution in [0, 0.1) is 12.7 Å². The first-order valence-corrected chi connectivity index (χ1v) is 9.53. The van der Waals surface area contributed by atoms with Gasteiger partial charge in [-0.2, -0.15) is 5.10 Å². The van der Waals surface area contributed by atoms with E-state index in [2.05, 4.69) is 25.5 Å². The van der Waals surface area contributed by atoms with Gasteiger partial charge in [-0.3, -0.25) is 5.10 Å². The van der Waals surface area contributed by atoms with E-state index in [-0.39, 0.29) is 11.0 Å². The zero-order valence-electron chi connectivity index (χ0n) is 14.7. The normalized spacial score (nSPS) is 12.4. The number of nitrogens with zero attached hydrogens (tertiary/aromatic N) is 4. The maximum Gasteiger partial charge on any atom is 0.227 e. The van der Waals surface area contributed by atoms with Crippen LogP contribution in [0.15, 0.2) is 52.6 Å². The molecule has 138 valence electrons. The van der Waals surface area contributed by atoms with Crippen molar-refractivity contribution in [1.82, 2.24) is 24.7 Å². The molecule has 0 saturated heterocycles. The highest BCUT2D eigenvalue weighted by atomic mass is 32.2. The van der Waals surface area contributed by atoms with Crippen LogP contribution in [0.5, 0.6) is 0 Å². The van der Waals surface area contributed by atoms with Crippen molar-refractivity contribution in [1.29, 1.82) is 0 Å². The molecule has 0 aliphatic heterocycles. The van der Waals surface area contributed by atoms with E-state index in [0.717, 1.165) is 11.1 Å². The minimum absolute atomic E-state index is 0.150. The number of hydrogen-bond acceptors (Lipinski definition) is 5. The van der Waals surface area contributed by atoms with Crippen molar-refractivity contribution in [2.24, 2.45) is 0 Å². The van der Waals surface area contributed by atoms with Crippen molar-refractivity contribution in [2.45, 2.75) is 30.4 Å². The number of rotatable bonds is 5. The van der Waals surface area contributed by atoms with Crippen LogP contribution in [0.25, 0.3) is 11.0 Å². The Labute approximate surface area is 157 Å². The maximum absolute atomic E-state index is 13.2. The molecule has 1 unspecified atom stereocenters. The fourth-order valence-electron chi connectivity index (χ4n) is 2.75. The molecule has 3 heterocycles. The Morgan fingerprint density at radius 1 is 1.22 bits per heavy atom. The summed E-state index contributed by atoms with van der Waals surface area (Å²) in [6.07, 6.45) is 1.91. The van der Waals surface area contributed by atoms with Gasteiger partial charge in [-0.05, 0) is 44.2 Å². The Bertz CT molecular complexity index is 1130. The van der Waals surface area contributed by atoms with Gasteiger partial charge < -0.3 is 9.88 Å². The van der Waals surface area contributed by atoms with E-state index in [4.69, 9.17) is 0 Å². The number of aromatic nitrogens is 5. The third-order valence-corrected chi connectivity index (χ3v) is 5.30. The first-order chi connectivity index (χ1) is 13.0. The van der Waals surface area contributed by atoms with E-state index in [1.165, 1.54) is 24.3 Å². The van der Waals surface area contributed by atoms with Crippen molar-refractivity contribution in [3.63, 3.8) is 0 Å². The SMILES string of the molecule is CCn1ccc2c(Nc3cc(C)[nH]n3)nc(S(=O)c3ccc(F)cc3)nc21. The minimum atomic E-state index is -1.64. The monoisotopic (exact) mass is 384 g/mol. The number of fused-ring (bicyclic) bond motifs is 1. The largest absolute Gasteiger partial charge is 0.333 e. The van der Waals surface area contributed by atoms with Crippen LogP contribution in [0.1, 0.15) is 12.6 Å². The second-order valence-electron chi connectivity index (χ2n) is 5.98. The first kappa shape index (κ1) is 17.3. The van der Waals surface area contributed by atoms with E-state index >= 15 is 0 Å². The molecule has 0 spiro atoms. The van der Waals surface area contributed by atoms with Crippen molar-refractivity contribution < 1.29 is 8.60 Å². The summed E-state index contributed by atoms with van der Waals surface area (Å²) < 4.78 is 28.1. The van der Waals surface area contributed by atoms with Crippen LogP contribution in [0.4, 0.5) is 16.0 Å². The molecule has 0 saturated carbocycles. The molecule has 27 heavy (non-hydrogen) atoms. The van der Waals surface area contributed by atoms with Gasteiger partial charge in [-0.25, -0.2) is 18.6 Å². The summed E-state index contributed by atoms with van der Waals surface area (Å²) >= 11 is 0. The Morgan fingerprint density at radius 2 is 2.00 bits per heavy atom. The quantitative estimate of drug-likeness (QED) is 0.514. The second kappa shape index (κ2) is 6.92. The van der Waals surface area contributed by atoms with E-state index in [1.807, 2.05) is 36.7 Å². The molecule has 1 aromatic carbocycles. The lowest BCUT2D eigenvalue weighted by molar-refractivity contribution is 0.626. The van der Waals surface area contributed by atoms with Crippen LogP contribution in [0.2, 0.25) is 0 Å². The van der Waals surface area contributed by atoms with Crippen LogP contribution in [-0.2, 0) is 17.3 Å². The molecule has 0 aliphatic carbocycles. The van der Waals surface area contributed by atoms with E-state index in [0.29, 0.717) is 28.7 Å². The van der Waals surface area contributed by atoms with Gasteiger partial charge in [-0.15, -0.1) is 0 Å². The lowest BCUT2D eigenvalue weighted by Gasteiger charge is -2.08. The molecule has 0 radical (unpaired) electrons. The van der Waals surface area contributed by atoms with E-state index in [1.54, 1.807) is 0 Å². The van der Waals surface area contributed by atoms with Gasteiger partial charge in [0.05, 0.1) is 5.39 Å². The highest BCUT2D eigenvalue weighted by Crippen LogP contribution is 2.26. The Kier molecular flexibility index (Phi) is 4.44. The first-order valence-electron chi connectivity index (χ1n) is 8.38. The van der Waals surface area contributed by atoms with Crippen molar-refractivity contribution in [3.8, 4) is 0 Å². The summed E-state index contributed by atoms with van der Waals surface area (Å²) in [4.78, 5) is 9.41. The average Bonchev–Trinajstić information content (AvgIpc) is 3.27. The molecule has 4 rings (SSSR count). The summed E-state index contributed by atoms with van der Waals surface area (Å²) in [7, 11) is -1.64. The highest BCUT2D eigenvalue weighted by Gasteiger charge is 2.17. The predicted octanol–water partition coefficient (Wildman–Crippen LogP) is 3.53. The number of aryl methyl sites for hydroxylation is 2. The number of H-pyrrole nitrogens is 1. The summed E-state index contributed by atoms with van der Waals surface area (Å²) in [5.41, 5.74) is 1.58. The summed E-state index contributed by atoms with van der Waals surface area (Å²) in [6.45, 7) is 4.61. The zero-order chi connectivity index (χ0) is 19.0. The molecular formula is C18H17FN6OS. The van der Waals surface area contributed by atoms with Gasteiger partial charge in [-0.1, -0.05) is 0 Å². The molecule has 0 fully saturated rings. The number of hydrogen-bond donors (Lipinski definition) is 2. The minimum Gasteiger partial charge on any atom is -0.333 e. The number of benzene rings is 1. The van der Waals surface area contributed by atoms with Gasteiger partial charge >= 0.3 is 0 Å². The smallest absolute Gasteiger partial charge is 0.227 e. The van der Waals surface area contributed by atoms with Gasteiger partial charge in [0, 0.05) is 29.4 Å². The number of nitrogens with one attached hydrogen (secondary N) is 2. The highest BCUT2D eigenvalue weighted by molar-refractivity contribution is 7.85.